The summed E-state index contributed by atoms with van der Waals surface area (Å²) in [6.07, 6.45) is 3.57. The Bertz CT molecular complexity index is 662. The van der Waals surface area contributed by atoms with Gasteiger partial charge in [0, 0.05) is 43.7 Å². The molecule has 2 aromatic rings. The van der Waals surface area contributed by atoms with Crippen molar-refractivity contribution in [3.05, 3.63) is 41.6 Å². The molecular formula is C18H22N4. The second kappa shape index (κ2) is 5.69. The van der Waals surface area contributed by atoms with Crippen LogP contribution in [0.2, 0.25) is 0 Å². The maximum Gasteiger partial charge on any atom is 0.161 e. The third-order valence-corrected chi connectivity index (χ3v) is 4.67. The number of hydrogen-bond acceptors (Lipinski definition) is 4. The highest BCUT2D eigenvalue weighted by molar-refractivity contribution is 5.61. The van der Waals surface area contributed by atoms with Gasteiger partial charge in [-0.25, -0.2) is 9.97 Å². The molecule has 2 aliphatic heterocycles. The van der Waals surface area contributed by atoms with Gasteiger partial charge in [0.15, 0.2) is 5.82 Å². The summed E-state index contributed by atoms with van der Waals surface area (Å²) in [4.78, 5) is 14.7. The molecule has 0 bridgehead atoms. The van der Waals surface area contributed by atoms with Crippen LogP contribution in [0.1, 0.15) is 24.1 Å². The lowest BCUT2D eigenvalue weighted by atomic mass is 10.1. The van der Waals surface area contributed by atoms with Crippen LogP contribution >= 0.6 is 0 Å². The summed E-state index contributed by atoms with van der Waals surface area (Å²) in [6, 6.07) is 10.4. The first-order valence-corrected chi connectivity index (χ1v) is 8.20. The Morgan fingerprint density at radius 2 is 1.73 bits per heavy atom. The van der Waals surface area contributed by atoms with Crippen LogP contribution < -0.4 is 4.90 Å². The van der Waals surface area contributed by atoms with E-state index < -0.39 is 0 Å². The van der Waals surface area contributed by atoms with Gasteiger partial charge >= 0.3 is 0 Å². The van der Waals surface area contributed by atoms with E-state index in [2.05, 4.69) is 41.1 Å². The van der Waals surface area contributed by atoms with Crippen molar-refractivity contribution in [2.24, 2.45) is 0 Å². The van der Waals surface area contributed by atoms with Gasteiger partial charge in [0.2, 0.25) is 0 Å². The summed E-state index contributed by atoms with van der Waals surface area (Å²) in [7, 11) is 2.18. The van der Waals surface area contributed by atoms with Crippen molar-refractivity contribution in [2.75, 3.05) is 31.6 Å². The maximum atomic E-state index is 4.96. The molecule has 4 nitrogen and oxygen atoms in total. The average Bonchev–Trinajstić information content (AvgIpc) is 3.09. The lowest BCUT2D eigenvalue weighted by Crippen LogP contribution is -2.31. The second-order valence-corrected chi connectivity index (χ2v) is 6.34. The molecule has 1 aromatic heterocycles. The van der Waals surface area contributed by atoms with E-state index in [1.807, 2.05) is 6.07 Å². The van der Waals surface area contributed by atoms with Crippen LogP contribution in [0.4, 0.5) is 5.82 Å². The van der Waals surface area contributed by atoms with E-state index in [4.69, 9.17) is 9.97 Å². The van der Waals surface area contributed by atoms with E-state index in [1.165, 1.54) is 29.9 Å². The van der Waals surface area contributed by atoms with E-state index in [-0.39, 0.29) is 0 Å². The number of anilines is 1. The Labute approximate surface area is 131 Å². The van der Waals surface area contributed by atoms with Crippen LogP contribution in [0.3, 0.4) is 0 Å². The van der Waals surface area contributed by atoms with Gasteiger partial charge in [-0.15, -0.1) is 0 Å². The monoisotopic (exact) mass is 294 g/mol. The second-order valence-electron chi connectivity index (χ2n) is 6.34. The molecule has 0 aliphatic carbocycles. The smallest absolute Gasteiger partial charge is 0.161 e. The minimum absolute atomic E-state index is 0.880. The fourth-order valence-corrected chi connectivity index (χ4v) is 3.44. The van der Waals surface area contributed by atoms with Crippen LogP contribution in [-0.2, 0) is 13.0 Å². The molecule has 4 rings (SSSR count). The van der Waals surface area contributed by atoms with Crippen molar-refractivity contribution in [3.63, 3.8) is 0 Å². The predicted molar refractivity (Wildman–Crippen MR) is 89.0 cm³/mol. The number of benzene rings is 1. The van der Waals surface area contributed by atoms with Gasteiger partial charge in [-0.1, -0.05) is 30.3 Å². The molecule has 2 aliphatic rings. The van der Waals surface area contributed by atoms with Crippen molar-refractivity contribution in [3.8, 4) is 11.4 Å². The molecule has 0 atom stereocenters. The Morgan fingerprint density at radius 1 is 0.955 bits per heavy atom. The molecule has 22 heavy (non-hydrogen) atoms. The van der Waals surface area contributed by atoms with Crippen LogP contribution in [0, 0.1) is 0 Å². The molecule has 0 unspecified atom stereocenters. The number of rotatable bonds is 2. The van der Waals surface area contributed by atoms with Crippen LogP contribution in [0.5, 0.6) is 0 Å². The average molecular weight is 294 g/mol. The Hall–Kier alpha value is -1.94. The van der Waals surface area contributed by atoms with Gasteiger partial charge in [-0.2, -0.15) is 0 Å². The fraction of sp³-hybridized carbons (Fsp3) is 0.444. The molecule has 0 N–H and O–H groups in total. The molecule has 0 radical (unpaired) electrons. The van der Waals surface area contributed by atoms with E-state index in [9.17, 15) is 0 Å². The summed E-state index contributed by atoms with van der Waals surface area (Å²) in [5, 5.41) is 0. The standard InChI is InChI=1S/C18H22N4/c1-21-12-9-16-15(13-21)18(22-10-5-6-11-22)20-17(19-16)14-7-3-2-4-8-14/h2-4,7-8H,5-6,9-13H2,1H3. The van der Waals surface area contributed by atoms with Gasteiger partial charge in [-0.3, -0.25) is 0 Å². The lowest BCUT2D eigenvalue weighted by molar-refractivity contribution is 0.309. The molecule has 4 heteroatoms. The van der Waals surface area contributed by atoms with Gasteiger partial charge in [0.25, 0.3) is 0 Å². The minimum Gasteiger partial charge on any atom is -0.356 e. The first-order chi connectivity index (χ1) is 10.8. The molecule has 0 spiro atoms. The van der Waals surface area contributed by atoms with E-state index >= 15 is 0 Å². The Balaban J connectivity index is 1.83. The van der Waals surface area contributed by atoms with Crippen molar-refractivity contribution in [1.29, 1.82) is 0 Å². The normalized spacial score (nSPS) is 18.5. The zero-order valence-corrected chi connectivity index (χ0v) is 13.1. The zero-order valence-electron chi connectivity index (χ0n) is 13.1. The van der Waals surface area contributed by atoms with Crippen molar-refractivity contribution < 1.29 is 0 Å². The Kier molecular flexibility index (Phi) is 3.54. The number of hydrogen-bond donors (Lipinski definition) is 0. The first kappa shape index (κ1) is 13.7. The highest BCUT2D eigenvalue weighted by Gasteiger charge is 2.25. The predicted octanol–water partition coefficient (Wildman–Crippen LogP) is 2.73. The summed E-state index contributed by atoms with van der Waals surface area (Å²) in [5.74, 6) is 2.05. The third kappa shape index (κ3) is 2.48. The van der Waals surface area contributed by atoms with E-state index in [0.29, 0.717) is 0 Å². The lowest BCUT2D eigenvalue weighted by Gasteiger charge is -2.29. The van der Waals surface area contributed by atoms with Crippen LogP contribution in [0.15, 0.2) is 30.3 Å². The largest absolute Gasteiger partial charge is 0.356 e. The molecule has 0 amide bonds. The number of likely N-dealkylation sites (N-methyl/N-ethyl adjacent to an activating group) is 1. The molecule has 1 fully saturated rings. The molecule has 0 saturated carbocycles. The number of nitrogens with zero attached hydrogens (tertiary/aromatic N) is 4. The third-order valence-electron chi connectivity index (χ3n) is 4.67. The number of fused-ring (bicyclic) bond motifs is 1. The van der Waals surface area contributed by atoms with Gasteiger partial charge in [0.05, 0.1) is 5.69 Å². The van der Waals surface area contributed by atoms with Crippen LogP contribution in [-0.4, -0.2) is 41.5 Å². The molecule has 1 aromatic carbocycles. The highest BCUT2D eigenvalue weighted by Crippen LogP contribution is 2.30. The van der Waals surface area contributed by atoms with Gasteiger partial charge < -0.3 is 9.80 Å². The van der Waals surface area contributed by atoms with E-state index in [0.717, 1.165) is 44.0 Å². The molecular weight excluding hydrogens is 272 g/mol. The maximum absolute atomic E-state index is 4.96. The topological polar surface area (TPSA) is 32.3 Å². The van der Waals surface area contributed by atoms with Crippen LogP contribution in [0.25, 0.3) is 11.4 Å². The molecule has 3 heterocycles. The first-order valence-electron chi connectivity index (χ1n) is 8.20. The van der Waals surface area contributed by atoms with Crippen molar-refractivity contribution in [1.82, 2.24) is 14.9 Å². The summed E-state index contributed by atoms with van der Waals surface area (Å²) >= 11 is 0. The SMILES string of the molecule is CN1CCc2nc(-c3ccccc3)nc(N3CCCC3)c2C1. The van der Waals surface area contributed by atoms with Gasteiger partial charge in [-0.05, 0) is 19.9 Å². The zero-order chi connectivity index (χ0) is 14.9. The number of aromatic nitrogens is 2. The molecule has 1 saturated heterocycles. The Morgan fingerprint density at radius 3 is 2.50 bits per heavy atom. The summed E-state index contributed by atoms with van der Waals surface area (Å²) < 4.78 is 0. The fourth-order valence-electron chi connectivity index (χ4n) is 3.44. The molecule has 114 valence electrons. The summed E-state index contributed by atoms with van der Waals surface area (Å²) in [5.41, 5.74) is 3.70. The minimum atomic E-state index is 0.880. The van der Waals surface area contributed by atoms with Crippen molar-refractivity contribution >= 4 is 5.82 Å². The van der Waals surface area contributed by atoms with Crippen molar-refractivity contribution in [2.45, 2.75) is 25.8 Å². The summed E-state index contributed by atoms with van der Waals surface area (Å²) in [6.45, 7) is 4.30. The van der Waals surface area contributed by atoms with Gasteiger partial charge in [0.1, 0.15) is 5.82 Å². The highest BCUT2D eigenvalue weighted by atomic mass is 15.2. The quantitative estimate of drug-likeness (QED) is 0.852. The van der Waals surface area contributed by atoms with E-state index in [1.54, 1.807) is 0 Å².